The Balaban J connectivity index is 2.23. The van der Waals surface area contributed by atoms with Crippen LogP contribution in [0.25, 0.3) is 0 Å². The van der Waals surface area contributed by atoms with Crippen molar-refractivity contribution in [3.05, 3.63) is 15.8 Å². The maximum Gasteiger partial charge on any atom is 0.264 e. The van der Waals surface area contributed by atoms with Crippen LogP contribution >= 0.6 is 11.3 Å². The molecule has 6 heteroatoms. The third-order valence-corrected chi connectivity index (χ3v) is 4.31. The first-order valence-electron chi connectivity index (χ1n) is 5.97. The molecule has 1 aromatic rings. The molecule has 0 spiro atoms. The molecule has 0 bridgehead atoms. The summed E-state index contributed by atoms with van der Waals surface area (Å²) in [6.07, 6.45) is 2.50. The average Bonchev–Trinajstić information content (AvgIpc) is 2.68. The summed E-state index contributed by atoms with van der Waals surface area (Å²) >= 11 is 1.36. The van der Waals surface area contributed by atoms with Gasteiger partial charge in [-0.15, -0.1) is 11.3 Å². The molecule has 1 unspecified atom stereocenters. The van der Waals surface area contributed by atoms with Crippen LogP contribution in [0, 0.1) is 6.92 Å². The van der Waals surface area contributed by atoms with Crippen LogP contribution in [-0.4, -0.2) is 29.3 Å². The van der Waals surface area contributed by atoms with E-state index in [2.05, 4.69) is 0 Å². The molecule has 1 fully saturated rings. The van der Waals surface area contributed by atoms with Gasteiger partial charge >= 0.3 is 0 Å². The van der Waals surface area contributed by atoms with E-state index >= 15 is 0 Å². The number of hydrogen-bond donors (Lipinski definition) is 2. The lowest BCUT2D eigenvalue weighted by atomic mass is 10.0. The largest absolute Gasteiger partial charge is 0.398 e. The monoisotopic (exact) mass is 267 g/mol. The lowest BCUT2D eigenvalue weighted by Crippen LogP contribution is -2.50. The molecule has 0 aliphatic carbocycles. The number of thiophene rings is 1. The third-order valence-electron chi connectivity index (χ3n) is 3.26. The summed E-state index contributed by atoms with van der Waals surface area (Å²) < 4.78 is 0. The Morgan fingerprint density at radius 1 is 1.44 bits per heavy atom. The minimum absolute atomic E-state index is 0.136. The molecule has 1 saturated heterocycles. The van der Waals surface area contributed by atoms with E-state index in [0.29, 0.717) is 23.5 Å². The predicted molar refractivity (Wildman–Crippen MR) is 71.3 cm³/mol. The van der Waals surface area contributed by atoms with Gasteiger partial charge in [-0.25, -0.2) is 0 Å². The normalized spacial score (nSPS) is 19.8. The van der Waals surface area contributed by atoms with Gasteiger partial charge in [0, 0.05) is 17.1 Å². The number of hydrogen-bond acceptors (Lipinski definition) is 4. The SMILES string of the molecule is Cc1sc(C(=O)N2CCCCC2C(N)=O)cc1N. The van der Waals surface area contributed by atoms with Gasteiger partial charge in [0.2, 0.25) is 5.91 Å². The van der Waals surface area contributed by atoms with E-state index < -0.39 is 11.9 Å². The first-order valence-corrected chi connectivity index (χ1v) is 6.78. The van der Waals surface area contributed by atoms with Gasteiger partial charge in [-0.3, -0.25) is 9.59 Å². The smallest absolute Gasteiger partial charge is 0.264 e. The summed E-state index contributed by atoms with van der Waals surface area (Å²) in [4.78, 5) is 26.8. The highest BCUT2D eigenvalue weighted by Gasteiger charge is 2.31. The first kappa shape index (κ1) is 12.9. The van der Waals surface area contributed by atoms with E-state index in [9.17, 15) is 9.59 Å². The van der Waals surface area contributed by atoms with Crippen molar-refractivity contribution in [2.45, 2.75) is 32.2 Å². The minimum Gasteiger partial charge on any atom is -0.398 e. The van der Waals surface area contributed by atoms with E-state index in [1.54, 1.807) is 11.0 Å². The highest BCUT2D eigenvalue weighted by Crippen LogP contribution is 2.27. The zero-order valence-electron chi connectivity index (χ0n) is 10.3. The van der Waals surface area contributed by atoms with E-state index in [4.69, 9.17) is 11.5 Å². The van der Waals surface area contributed by atoms with Gasteiger partial charge in [0.1, 0.15) is 6.04 Å². The molecule has 1 atom stereocenters. The lowest BCUT2D eigenvalue weighted by Gasteiger charge is -2.33. The highest BCUT2D eigenvalue weighted by atomic mass is 32.1. The quantitative estimate of drug-likeness (QED) is 0.841. The zero-order valence-corrected chi connectivity index (χ0v) is 11.1. The molecule has 4 N–H and O–H groups in total. The number of likely N-dealkylation sites (tertiary alicyclic amines) is 1. The van der Waals surface area contributed by atoms with Crippen molar-refractivity contribution < 1.29 is 9.59 Å². The number of carbonyl (C=O) groups is 2. The molecule has 0 aromatic carbocycles. The van der Waals surface area contributed by atoms with Gasteiger partial charge in [0.05, 0.1) is 4.88 Å². The average molecular weight is 267 g/mol. The molecule has 98 valence electrons. The first-order chi connectivity index (χ1) is 8.50. The molecule has 0 saturated carbocycles. The van der Waals surface area contributed by atoms with Gasteiger partial charge in [0.25, 0.3) is 5.91 Å². The van der Waals surface area contributed by atoms with Crippen molar-refractivity contribution in [2.75, 3.05) is 12.3 Å². The van der Waals surface area contributed by atoms with E-state index in [1.807, 2.05) is 6.92 Å². The van der Waals surface area contributed by atoms with Crippen molar-refractivity contribution in [3.8, 4) is 0 Å². The molecule has 2 amide bonds. The Kier molecular flexibility index (Phi) is 3.56. The summed E-state index contributed by atoms with van der Waals surface area (Å²) in [5, 5.41) is 0. The molecule has 18 heavy (non-hydrogen) atoms. The number of nitrogens with zero attached hydrogens (tertiary/aromatic N) is 1. The fraction of sp³-hybridized carbons (Fsp3) is 0.500. The zero-order chi connectivity index (χ0) is 13.3. The van der Waals surface area contributed by atoms with Crippen LogP contribution in [0.1, 0.15) is 33.8 Å². The van der Waals surface area contributed by atoms with Crippen LogP contribution in [0.3, 0.4) is 0 Å². The van der Waals surface area contributed by atoms with Crippen molar-refractivity contribution in [1.29, 1.82) is 0 Å². The Morgan fingerprint density at radius 3 is 2.72 bits per heavy atom. The number of anilines is 1. The Hall–Kier alpha value is -1.56. The second-order valence-electron chi connectivity index (χ2n) is 4.53. The van der Waals surface area contributed by atoms with Gasteiger partial charge < -0.3 is 16.4 Å². The fourth-order valence-corrected chi connectivity index (χ4v) is 3.11. The molecule has 1 aliphatic rings. The Labute approximate surface area is 110 Å². The van der Waals surface area contributed by atoms with E-state index in [0.717, 1.165) is 17.7 Å². The third kappa shape index (κ3) is 2.33. The van der Waals surface area contributed by atoms with Gasteiger partial charge in [0.15, 0.2) is 0 Å². The minimum atomic E-state index is -0.477. The second-order valence-corrected chi connectivity index (χ2v) is 5.79. The van der Waals surface area contributed by atoms with Crippen LogP contribution in [0.5, 0.6) is 0 Å². The maximum atomic E-state index is 12.4. The second kappa shape index (κ2) is 4.97. The molecule has 0 radical (unpaired) electrons. The molecular formula is C12H17N3O2S. The van der Waals surface area contributed by atoms with Crippen LogP contribution in [-0.2, 0) is 4.79 Å². The van der Waals surface area contributed by atoms with Crippen LogP contribution in [0.2, 0.25) is 0 Å². The summed E-state index contributed by atoms with van der Waals surface area (Å²) in [5.74, 6) is -0.562. The van der Waals surface area contributed by atoms with Crippen molar-refractivity contribution in [3.63, 3.8) is 0 Å². The summed E-state index contributed by atoms with van der Waals surface area (Å²) in [7, 11) is 0. The molecule has 2 rings (SSSR count). The number of rotatable bonds is 2. The lowest BCUT2D eigenvalue weighted by molar-refractivity contribution is -0.123. The van der Waals surface area contributed by atoms with Crippen LogP contribution in [0.4, 0.5) is 5.69 Å². The summed E-state index contributed by atoms with van der Waals surface area (Å²) in [5.41, 5.74) is 11.7. The molecule has 5 nitrogen and oxygen atoms in total. The van der Waals surface area contributed by atoms with Gasteiger partial charge in [-0.2, -0.15) is 0 Å². The highest BCUT2D eigenvalue weighted by molar-refractivity contribution is 7.14. The molecule has 1 aromatic heterocycles. The number of carbonyl (C=O) groups excluding carboxylic acids is 2. The molecule has 1 aliphatic heterocycles. The Morgan fingerprint density at radius 2 is 2.17 bits per heavy atom. The van der Waals surface area contributed by atoms with Crippen molar-refractivity contribution in [1.82, 2.24) is 4.90 Å². The molecular weight excluding hydrogens is 250 g/mol. The number of nitrogen functional groups attached to an aromatic ring is 1. The van der Waals surface area contributed by atoms with Crippen LogP contribution < -0.4 is 11.5 Å². The standard InChI is InChI=1S/C12H17N3O2S/c1-7-8(13)6-10(18-7)12(17)15-5-3-2-4-9(15)11(14)16/h6,9H,2-5,13H2,1H3,(H2,14,16). The Bertz CT molecular complexity index is 464. The van der Waals surface area contributed by atoms with Crippen molar-refractivity contribution >= 4 is 28.8 Å². The number of nitrogens with two attached hydrogens (primary N) is 2. The summed E-state index contributed by atoms with van der Waals surface area (Å²) in [6.45, 7) is 2.46. The number of amides is 2. The number of primary amides is 1. The van der Waals surface area contributed by atoms with Gasteiger partial charge in [-0.1, -0.05) is 0 Å². The topological polar surface area (TPSA) is 89.4 Å². The summed E-state index contributed by atoms with van der Waals surface area (Å²) in [6, 6.07) is 1.20. The fourth-order valence-electron chi connectivity index (χ4n) is 2.21. The number of piperidine rings is 1. The predicted octanol–water partition coefficient (Wildman–Crippen LogP) is 1.12. The van der Waals surface area contributed by atoms with Gasteiger partial charge in [-0.05, 0) is 32.3 Å². The van der Waals surface area contributed by atoms with Crippen molar-refractivity contribution in [2.24, 2.45) is 5.73 Å². The maximum absolute atomic E-state index is 12.4. The van der Waals surface area contributed by atoms with Crippen LogP contribution in [0.15, 0.2) is 6.07 Å². The van der Waals surface area contributed by atoms with E-state index in [1.165, 1.54) is 11.3 Å². The van der Waals surface area contributed by atoms with E-state index in [-0.39, 0.29) is 5.91 Å². The molecule has 2 heterocycles. The number of aryl methyl sites for hydroxylation is 1.